The van der Waals surface area contributed by atoms with Crippen LogP contribution in [0.25, 0.3) is 0 Å². The van der Waals surface area contributed by atoms with Crippen molar-refractivity contribution in [1.82, 2.24) is 16.0 Å². The highest BCUT2D eigenvalue weighted by Crippen LogP contribution is 2.49. The largest absolute Gasteiger partial charge is 0.499 e. The second kappa shape index (κ2) is 14.4. The van der Waals surface area contributed by atoms with E-state index in [9.17, 15) is 39.9 Å². The highest BCUT2D eigenvalue weighted by atomic mass is 16.7. The fourth-order valence-electron chi connectivity index (χ4n) is 7.71. The first-order valence-corrected chi connectivity index (χ1v) is 17.4. The van der Waals surface area contributed by atoms with Gasteiger partial charge in [0.15, 0.2) is 23.1 Å². The minimum Gasteiger partial charge on any atom is -0.499 e. The minimum absolute atomic E-state index is 0.0191. The van der Waals surface area contributed by atoms with Gasteiger partial charge in [-0.15, -0.1) is 0 Å². The fourth-order valence-corrected chi connectivity index (χ4v) is 7.71. The predicted molar refractivity (Wildman–Crippen MR) is 186 cm³/mol. The molecule has 0 radical (unpaired) electrons. The molecule has 2 bridgehead atoms. The summed E-state index contributed by atoms with van der Waals surface area (Å²) >= 11 is 0. The summed E-state index contributed by atoms with van der Waals surface area (Å²) in [6.45, 7) is -1.23. The fraction of sp³-hybridized carbons (Fsp3) is 0.378. The van der Waals surface area contributed by atoms with Crippen LogP contribution in [0.2, 0.25) is 0 Å². The number of allylic oxidation sites excluding steroid dienone is 1. The molecule has 9 atom stereocenters. The maximum Gasteiger partial charge on any atom is 0.242 e. The molecule has 1 aliphatic carbocycles. The number of rotatable bonds is 6. The number of carbonyl (C=O) groups excluding carboxylic acids is 3. The average molecular weight is 746 g/mol. The van der Waals surface area contributed by atoms with Gasteiger partial charge in [-0.1, -0.05) is 24.3 Å². The van der Waals surface area contributed by atoms with Crippen molar-refractivity contribution in [2.75, 3.05) is 31.4 Å². The zero-order valence-corrected chi connectivity index (χ0v) is 28.6. The molecule has 3 saturated heterocycles. The van der Waals surface area contributed by atoms with Gasteiger partial charge in [-0.25, -0.2) is 0 Å². The van der Waals surface area contributed by atoms with Crippen LogP contribution in [0.1, 0.15) is 54.5 Å². The zero-order valence-electron chi connectivity index (χ0n) is 28.6. The lowest BCUT2D eigenvalue weighted by Gasteiger charge is -2.40. The Morgan fingerprint density at radius 3 is 2.54 bits per heavy atom. The molecule has 8 rings (SSSR count). The van der Waals surface area contributed by atoms with Gasteiger partial charge in [0.25, 0.3) is 0 Å². The molecule has 9 unspecified atom stereocenters. The van der Waals surface area contributed by atoms with E-state index in [2.05, 4.69) is 16.0 Å². The number of fused-ring (bicyclic) bond motifs is 6. The van der Waals surface area contributed by atoms with Gasteiger partial charge in [0.05, 0.1) is 31.7 Å². The number of ketones is 2. The van der Waals surface area contributed by atoms with Crippen molar-refractivity contribution < 1.29 is 58.9 Å². The lowest BCUT2D eigenvalue weighted by atomic mass is 9.79. The second-order valence-corrected chi connectivity index (χ2v) is 13.6. The Labute approximate surface area is 307 Å². The van der Waals surface area contributed by atoms with E-state index in [1.165, 1.54) is 24.5 Å². The number of anilines is 1. The second-order valence-electron chi connectivity index (χ2n) is 13.6. The zero-order chi connectivity index (χ0) is 37.8. The van der Waals surface area contributed by atoms with Gasteiger partial charge in [-0.3, -0.25) is 30.8 Å². The molecule has 17 nitrogen and oxygen atoms in total. The quantitative estimate of drug-likeness (QED) is 0.106. The van der Waals surface area contributed by atoms with E-state index in [1.807, 2.05) is 23.1 Å². The molecule has 3 fully saturated rings. The van der Waals surface area contributed by atoms with Gasteiger partial charge in [0.1, 0.15) is 56.1 Å². The molecule has 3 aromatic rings. The summed E-state index contributed by atoms with van der Waals surface area (Å²) in [6, 6.07) is 12.6. The van der Waals surface area contributed by atoms with Crippen LogP contribution in [-0.4, -0.2) is 119 Å². The van der Waals surface area contributed by atoms with E-state index in [-0.39, 0.29) is 71.7 Å². The molecular formula is C37H39N5O12. The molecule has 54 heavy (non-hydrogen) atoms. The molecule has 284 valence electrons. The molecule has 0 spiro atoms. The maximum atomic E-state index is 14.4. The van der Waals surface area contributed by atoms with Crippen molar-refractivity contribution in [3.63, 3.8) is 0 Å². The lowest BCUT2D eigenvalue weighted by Crippen LogP contribution is -2.70. The standard InChI is InChI=1S/C37H39N5O12/c38-37-40-34-26(35(50)41-37)39-15-42(34)23-4-2-1-3-18(23)17-7-9-51-14-24-29(47)30(48)31(49)36(53-24)54-32-21(17)12-22-25(33(32)52-10-8-43)28(46)20-11-16(13-44)5-6-19(20)27(22)45/h1-7,9,11-12,17,24,26,29-31,34,36-37,39-40,43-44,47-49H,8,10,13-15,38H2,(H,41,50). The third-order valence-electron chi connectivity index (χ3n) is 10.3. The van der Waals surface area contributed by atoms with Gasteiger partial charge in [-0.05, 0) is 41.5 Å². The summed E-state index contributed by atoms with van der Waals surface area (Å²) in [4.78, 5) is 43.5. The van der Waals surface area contributed by atoms with E-state index < -0.39 is 73.3 Å². The van der Waals surface area contributed by atoms with Crippen LogP contribution < -0.4 is 36.1 Å². The Bertz CT molecular complexity index is 2030. The summed E-state index contributed by atoms with van der Waals surface area (Å²) in [5.41, 5.74) is 7.90. The Hall–Kier alpha value is -4.95. The molecule has 10 N–H and O–H groups in total. The Kier molecular flexibility index (Phi) is 9.59. The van der Waals surface area contributed by atoms with Gasteiger partial charge in [0.2, 0.25) is 12.2 Å². The van der Waals surface area contributed by atoms with Crippen LogP contribution in [0, 0.1) is 0 Å². The van der Waals surface area contributed by atoms with Crippen LogP contribution in [0.3, 0.4) is 0 Å². The average Bonchev–Trinajstić information content (AvgIpc) is 3.59. The molecular weight excluding hydrogens is 706 g/mol. The Morgan fingerprint density at radius 1 is 0.926 bits per heavy atom. The van der Waals surface area contributed by atoms with Crippen molar-refractivity contribution >= 4 is 23.2 Å². The number of nitrogens with two attached hydrogens (primary N) is 1. The summed E-state index contributed by atoms with van der Waals surface area (Å²) in [5.74, 6) is -2.68. The van der Waals surface area contributed by atoms with E-state index >= 15 is 0 Å². The van der Waals surface area contributed by atoms with Crippen molar-refractivity contribution in [3.05, 3.63) is 99.8 Å². The summed E-state index contributed by atoms with van der Waals surface area (Å²) in [7, 11) is 0. The Balaban J connectivity index is 1.36. The number of para-hydroxylation sites is 1. The maximum absolute atomic E-state index is 14.4. The summed E-state index contributed by atoms with van der Waals surface area (Å²) < 4.78 is 24.3. The molecule has 5 aliphatic rings. The van der Waals surface area contributed by atoms with Crippen LogP contribution in [0.4, 0.5) is 5.69 Å². The third-order valence-corrected chi connectivity index (χ3v) is 10.3. The van der Waals surface area contributed by atoms with Gasteiger partial charge in [0, 0.05) is 33.9 Å². The number of nitrogens with zero attached hydrogens (tertiary/aromatic N) is 1. The molecule has 0 aromatic heterocycles. The van der Waals surface area contributed by atoms with E-state index in [1.54, 1.807) is 18.2 Å². The van der Waals surface area contributed by atoms with Gasteiger partial charge >= 0.3 is 0 Å². The highest BCUT2D eigenvalue weighted by molar-refractivity contribution is 6.29. The first kappa shape index (κ1) is 36.0. The number of hydrogen-bond donors (Lipinski definition) is 9. The van der Waals surface area contributed by atoms with Crippen LogP contribution >= 0.6 is 0 Å². The van der Waals surface area contributed by atoms with E-state index in [0.717, 1.165) is 0 Å². The van der Waals surface area contributed by atoms with Gasteiger partial charge in [-0.2, -0.15) is 0 Å². The number of carbonyl (C=O) groups is 3. The first-order chi connectivity index (χ1) is 26.1. The van der Waals surface area contributed by atoms with Crippen molar-refractivity contribution in [3.8, 4) is 11.5 Å². The van der Waals surface area contributed by atoms with E-state index in [0.29, 0.717) is 16.8 Å². The molecule has 17 heteroatoms. The SMILES string of the molecule is NC1NC(=O)C2NCN(c3ccccc3C3C=COCC4OC(Oc5c3cc3c(c5OCCO)C(=O)c5cc(CO)ccc5C3=O)C(O)C(O)C4O)C2N1. The van der Waals surface area contributed by atoms with E-state index in [4.69, 9.17) is 24.7 Å². The lowest BCUT2D eigenvalue weighted by molar-refractivity contribution is -0.277. The summed E-state index contributed by atoms with van der Waals surface area (Å²) in [5, 5.41) is 61.5. The number of aliphatic hydroxyl groups excluding tert-OH is 5. The van der Waals surface area contributed by atoms with Crippen molar-refractivity contribution in [1.29, 1.82) is 0 Å². The number of benzene rings is 3. The van der Waals surface area contributed by atoms with Gasteiger partial charge < -0.3 is 54.7 Å². The van der Waals surface area contributed by atoms with Crippen LogP contribution in [0.15, 0.2) is 60.9 Å². The number of aliphatic hydroxyl groups is 5. The summed E-state index contributed by atoms with van der Waals surface area (Å²) in [6.07, 6.45) is -6.23. The van der Waals surface area contributed by atoms with Crippen LogP contribution in [-0.2, 0) is 20.9 Å². The number of hydrogen-bond acceptors (Lipinski definition) is 16. The first-order valence-electron chi connectivity index (χ1n) is 17.4. The van der Waals surface area contributed by atoms with Crippen LogP contribution in [0.5, 0.6) is 11.5 Å². The third kappa shape index (κ3) is 5.99. The predicted octanol–water partition coefficient (Wildman–Crippen LogP) is -1.79. The number of nitrogens with one attached hydrogen (secondary N) is 3. The molecule has 4 aliphatic heterocycles. The van der Waals surface area contributed by atoms with Crippen molar-refractivity contribution in [2.45, 2.75) is 61.7 Å². The molecule has 1 amide bonds. The monoisotopic (exact) mass is 745 g/mol. The Morgan fingerprint density at radius 2 is 1.74 bits per heavy atom. The number of amides is 1. The normalized spacial score (nSPS) is 30.1. The molecule has 3 aromatic carbocycles. The minimum atomic E-state index is -1.80. The van der Waals surface area contributed by atoms with Crippen molar-refractivity contribution in [2.24, 2.45) is 5.73 Å². The number of ether oxygens (including phenoxy) is 4. The smallest absolute Gasteiger partial charge is 0.242 e. The molecule has 0 saturated carbocycles. The highest BCUT2D eigenvalue weighted by Gasteiger charge is 2.48. The molecule has 4 heterocycles. The topological polar surface area (TPSA) is 255 Å².